The lowest BCUT2D eigenvalue weighted by molar-refractivity contribution is 0.164. The average Bonchev–Trinajstić information content (AvgIpc) is 2.46. The third-order valence-corrected chi connectivity index (χ3v) is 3.79. The summed E-state index contributed by atoms with van der Waals surface area (Å²) in [5.41, 5.74) is 1.42. The Morgan fingerprint density at radius 2 is 1.68 bits per heavy atom. The van der Waals surface area contributed by atoms with Crippen molar-refractivity contribution in [2.75, 3.05) is 26.2 Å². The van der Waals surface area contributed by atoms with Gasteiger partial charge in [0.25, 0.3) is 0 Å². The molecule has 1 atom stereocenters. The third kappa shape index (κ3) is 6.33. The van der Waals surface area contributed by atoms with E-state index in [-0.39, 0.29) is 30.9 Å². The maximum Gasteiger partial charge on any atom is 0.119 e. The Kier molecular flexibility index (Phi) is 10.9. The molecule has 5 heteroatoms. The van der Waals surface area contributed by atoms with E-state index >= 15 is 0 Å². The molecule has 2 rings (SSSR count). The van der Waals surface area contributed by atoms with Crippen molar-refractivity contribution in [3.63, 3.8) is 0 Å². The highest BCUT2D eigenvalue weighted by Crippen LogP contribution is 2.27. The van der Waals surface area contributed by atoms with E-state index in [1.54, 1.807) is 0 Å². The summed E-state index contributed by atoms with van der Waals surface area (Å²) in [7, 11) is 0. The average molecular weight is 349 g/mol. The van der Waals surface area contributed by atoms with Crippen LogP contribution >= 0.6 is 24.8 Å². The van der Waals surface area contributed by atoms with E-state index in [0.717, 1.165) is 31.9 Å². The van der Waals surface area contributed by atoms with Crippen LogP contribution < -0.4 is 10.1 Å². The van der Waals surface area contributed by atoms with Crippen molar-refractivity contribution in [2.24, 2.45) is 0 Å². The largest absolute Gasteiger partial charge is 0.491 e. The Labute approximate surface area is 147 Å². The summed E-state index contributed by atoms with van der Waals surface area (Å²) >= 11 is 0. The SMILES string of the molecule is CCC[C@H](c1ccc(OC(C)C)cc1)N1CCNCC1.Cl.Cl. The first-order chi connectivity index (χ1) is 9.70. The number of benzene rings is 1. The number of nitrogens with one attached hydrogen (secondary N) is 1. The first-order valence-electron chi connectivity index (χ1n) is 7.92. The molecular weight excluding hydrogens is 319 g/mol. The Morgan fingerprint density at radius 3 is 2.18 bits per heavy atom. The molecule has 1 aliphatic heterocycles. The predicted molar refractivity (Wildman–Crippen MR) is 98.8 cm³/mol. The van der Waals surface area contributed by atoms with E-state index in [9.17, 15) is 0 Å². The second-order valence-corrected chi connectivity index (χ2v) is 5.83. The van der Waals surface area contributed by atoms with Crippen molar-refractivity contribution in [2.45, 2.75) is 45.8 Å². The maximum atomic E-state index is 5.73. The van der Waals surface area contributed by atoms with Gasteiger partial charge in [0.15, 0.2) is 0 Å². The molecule has 1 aromatic rings. The van der Waals surface area contributed by atoms with Gasteiger partial charge in [-0.2, -0.15) is 0 Å². The zero-order valence-corrected chi connectivity index (χ0v) is 15.5. The number of nitrogens with zero attached hydrogens (tertiary/aromatic N) is 1. The molecule has 0 amide bonds. The summed E-state index contributed by atoms with van der Waals surface area (Å²) in [6, 6.07) is 9.25. The summed E-state index contributed by atoms with van der Waals surface area (Å²) < 4.78 is 5.73. The first-order valence-corrected chi connectivity index (χ1v) is 7.92. The second kappa shape index (κ2) is 11.1. The summed E-state index contributed by atoms with van der Waals surface area (Å²) in [6.07, 6.45) is 2.68. The van der Waals surface area contributed by atoms with Crippen LogP contribution in [0.2, 0.25) is 0 Å². The smallest absolute Gasteiger partial charge is 0.119 e. The fourth-order valence-corrected chi connectivity index (χ4v) is 2.87. The zero-order chi connectivity index (χ0) is 14.4. The number of ether oxygens (including phenoxy) is 1. The Hall–Kier alpha value is -0.480. The van der Waals surface area contributed by atoms with Crippen molar-refractivity contribution < 1.29 is 4.74 Å². The molecule has 1 aromatic carbocycles. The van der Waals surface area contributed by atoms with E-state index in [0.29, 0.717) is 6.04 Å². The molecule has 0 saturated carbocycles. The normalized spacial score (nSPS) is 16.5. The lowest BCUT2D eigenvalue weighted by atomic mass is 10.00. The van der Waals surface area contributed by atoms with E-state index in [2.05, 4.69) is 55.3 Å². The molecule has 0 radical (unpaired) electrons. The number of halogens is 2. The molecule has 0 unspecified atom stereocenters. The molecule has 1 N–H and O–H groups in total. The van der Waals surface area contributed by atoms with E-state index in [1.165, 1.54) is 18.4 Å². The van der Waals surface area contributed by atoms with Gasteiger partial charge in [0, 0.05) is 32.2 Å². The van der Waals surface area contributed by atoms with Crippen molar-refractivity contribution >= 4 is 24.8 Å². The Balaban J connectivity index is 0.00000220. The van der Waals surface area contributed by atoms with Gasteiger partial charge >= 0.3 is 0 Å². The minimum Gasteiger partial charge on any atom is -0.491 e. The van der Waals surface area contributed by atoms with Gasteiger partial charge in [0.05, 0.1) is 6.10 Å². The molecule has 0 bridgehead atoms. The third-order valence-electron chi connectivity index (χ3n) is 3.79. The van der Waals surface area contributed by atoms with Crippen LogP contribution in [0.5, 0.6) is 5.75 Å². The number of hydrogen-bond donors (Lipinski definition) is 1. The van der Waals surface area contributed by atoms with Crippen LogP contribution in [0.3, 0.4) is 0 Å². The fourth-order valence-electron chi connectivity index (χ4n) is 2.87. The van der Waals surface area contributed by atoms with Gasteiger partial charge in [-0.1, -0.05) is 25.5 Å². The molecule has 22 heavy (non-hydrogen) atoms. The number of piperazine rings is 1. The zero-order valence-electron chi connectivity index (χ0n) is 13.9. The second-order valence-electron chi connectivity index (χ2n) is 5.83. The van der Waals surface area contributed by atoms with Crippen LogP contribution in [-0.4, -0.2) is 37.2 Å². The van der Waals surface area contributed by atoms with Crippen LogP contribution in [0, 0.1) is 0 Å². The minimum absolute atomic E-state index is 0. The number of hydrogen-bond acceptors (Lipinski definition) is 3. The molecule has 0 spiro atoms. The molecule has 1 saturated heterocycles. The monoisotopic (exact) mass is 348 g/mol. The molecule has 0 aliphatic carbocycles. The number of rotatable bonds is 6. The first kappa shape index (κ1) is 21.5. The van der Waals surface area contributed by atoms with Gasteiger partial charge in [-0.25, -0.2) is 0 Å². The predicted octanol–water partition coefficient (Wildman–Crippen LogP) is 4.06. The van der Waals surface area contributed by atoms with Crippen LogP contribution in [0.15, 0.2) is 24.3 Å². The molecule has 1 aliphatic rings. The highest BCUT2D eigenvalue weighted by atomic mass is 35.5. The molecule has 3 nitrogen and oxygen atoms in total. The lowest BCUT2D eigenvalue weighted by Gasteiger charge is -2.35. The molecule has 0 aromatic heterocycles. The van der Waals surface area contributed by atoms with Gasteiger partial charge in [-0.15, -0.1) is 24.8 Å². The summed E-state index contributed by atoms with van der Waals surface area (Å²) in [6.45, 7) is 10.9. The van der Waals surface area contributed by atoms with Crippen molar-refractivity contribution in [3.05, 3.63) is 29.8 Å². The molecule has 128 valence electrons. The van der Waals surface area contributed by atoms with Crippen LogP contribution in [0.1, 0.15) is 45.2 Å². The van der Waals surface area contributed by atoms with Crippen LogP contribution in [-0.2, 0) is 0 Å². The van der Waals surface area contributed by atoms with Gasteiger partial charge in [0.1, 0.15) is 5.75 Å². The highest BCUT2D eigenvalue weighted by Gasteiger charge is 2.21. The molecule has 1 heterocycles. The minimum atomic E-state index is 0. The van der Waals surface area contributed by atoms with E-state index in [1.807, 2.05) is 0 Å². The van der Waals surface area contributed by atoms with Crippen molar-refractivity contribution in [3.8, 4) is 5.75 Å². The summed E-state index contributed by atoms with van der Waals surface area (Å²) in [5.74, 6) is 0.972. The van der Waals surface area contributed by atoms with E-state index < -0.39 is 0 Å². The fraction of sp³-hybridized carbons (Fsp3) is 0.647. The quantitative estimate of drug-likeness (QED) is 0.838. The van der Waals surface area contributed by atoms with Gasteiger partial charge in [-0.3, -0.25) is 4.90 Å². The standard InChI is InChI=1S/C17H28N2O.2ClH/c1-4-5-17(19-12-10-18-11-13-19)15-6-8-16(9-7-15)20-14(2)3;;/h6-9,14,17-18H,4-5,10-13H2,1-3H3;2*1H/t17-;;/m1../s1. The van der Waals surface area contributed by atoms with Gasteiger partial charge in [0.2, 0.25) is 0 Å². The summed E-state index contributed by atoms with van der Waals surface area (Å²) in [4.78, 5) is 2.61. The lowest BCUT2D eigenvalue weighted by Crippen LogP contribution is -2.45. The topological polar surface area (TPSA) is 24.5 Å². The van der Waals surface area contributed by atoms with Crippen molar-refractivity contribution in [1.29, 1.82) is 0 Å². The van der Waals surface area contributed by atoms with Crippen LogP contribution in [0.25, 0.3) is 0 Å². The Bertz CT molecular complexity index is 392. The van der Waals surface area contributed by atoms with E-state index in [4.69, 9.17) is 4.74 Å². The molecule has 1 fully saturated rings. The van der Waals surface area contributed by atoms with Crippen LogP contribution in [0.4, 0.5) is 0 Å². The Morgan fingerprint density at radius 1 is 1.09 bits per heavy atom. The highest BCUT2D eigenvalue weighted by molar-refractivity contribution is 5.85. The van der Waals surface area contributed by atoms with Gasteiger partial charge in [-0.05, 0) is 38.0 Å². The van der Waals surface area contributed by atoms with Crippen molar-refractivity contribution in [1.82, 2.24) is 10.2 Å². The maximum absolute atomic E-state index is 5.73. The van der Waals surface area contributed by atoms with Gasteiger partial charge < -0.3 is 10.1 Å². The summed E-state index contributed by atoms with van der Waals surface area (Å²) in [5, 5.41) is 3.43. The molecular formula is C17H30Cl2N2O.